The molecule has 1 N–H and O–H groups in total. The highest BCUT2D eigenvalue weighted by molar-refractivity contribution is 7.07. The van der Waals surface area contributed by atoms with Gasteiger partial charge in [-0.25, -0.2) is 0 Å². The van der Waals surface area contributed by atoms with Crippen molar-refractivity contribution >= 4 is 11.3 Å². The number of hydrogen-bond donors (Lipinski definition) is 1. The van der Waals surface area contributed by atoms with Gasteiger partial charge in [0.15, 0.2) is 0 Å². The maximum Gasteiger partial charge on any atom is 0.137 e. The number of rotatable bonds is 6. The van der Waals surface area contributed by atoms with E-state index in [-0.39, 0.29) is 0 Å². The van der Waals surface area contributed by atoms with E-state index in [2.05, 4.69) is 27.1 Å². The molecule has 2 rings (SSSR count). The Morgan fingerprint density at radius 1 is 1.35 bits per heavy atom. The Balaban J connectivity index is 1.79. The summed E-state index contributed by atoms with van der Waals surface area (Å²) in [5, 5.41) is 7.30. The Morgan fingerprint density at radius 3 is 2.94 bits per heavy atom. The predicted molar refractivity (Wildman–Crippen MR) is 70.5 cm³/mol. The van der Waals surface area contributed by atoms with Crippen LogP contribution in [-0.4, -0.2) is 18.6 Å². The topological polar surface area (TPSA) is 34.1 Å². The average molecular weight is 248 g/mol. The van der Waals surface area contributed by atoms with Gasteiger partial charge in [-0.2, -0.15) is 11.3 Å². The molecule has 90 valence electrons. The first-order valence-electron chi connectivity index (χ1n) is 5.62. The molecule has 0 saturated carbocycles. The first-order chi connectivity index (χ1) is 8.38. The number of thiophene rings is 1. The minimum absolute atomic E-state index is 0.698. The van der Waals surface area contributed by atoms with Gasteiger partial charge in [-0.15, -0.1) is 0 Å². The predicted octanol–water partition coefficient (Wildman–Crippen LogP) is 2.48. The summed E-state index contributed by atoms with van der Waals surface area (Å²) < 4.78 is 5.63. The van der Waals surface area contributed by atoms with Gasteiger partial charge in [0.05, 0.1) is 18.5 Å². The van der Waals surface area contributed by atoms with Crippen LogP contribution in [0.25, 0.3) is 0 Å². The Labute approximate surface area is 105 Å². The van der Waals surface area contributed by atoms with Crippen molar-refractivity contribution in [2.24, 2.45) is 0 Å². The minimum atomic E-state index is 0.698. The largest absolute Gasteiger partial charge is 0.492 e. The van der Waals surface area contributed by atoms with Gasteiger partial charge in [0.1, 0.15) is 5.75 Å². The third kappa shape index (κ3) is 3.84. The van der Waals surface area contributed by atoms with Gasteiger partial charge in [0.2, 0.25) is 0 Å². The van der Waals surface area contributed by atoms with Crippen LogP contribution in [0, 0.1) is 0 Å². The molecule has 0 aliphatic carbocycles. The summed E-state index contributed by atoms with van der Waals surface area (Å²) in [6.07, 6.45) is 2.72. The van der Waals surface area contributed by atoms with Crippen LogP contribution in [0.3, 0.4) is 0 Å². The maximum absolute atomic E-state index is 5.63. The standard InChI is InChI=1S/C13H16N2OS/c1-14-8-12-2-3-13(9-15-12)16-6-4-11-5-7-17-10-11/h2-3,5,7,9-10,14H,4,6,8H2,1H3. The van der Waals surface area contributed by atoms with Gasteiger partial charge < -0.3 is 10.1 Å². The summed E-state index contributed by atoms with van der Waals surface area (Å²) in [4.78, 5) is 4.30. The Kier molecular flexibility index (Phi) is 4.53. The summed E-state index contributed by atoms with van der Waals surface area (Å²) in [6, 6.07) is 6.08. The highest BCUT2D eigenvalue weighted by Gasteiger charge is 1.97. The number of nitrogens with zero attached hydrogens (tertiary/aromatic N) is 1. The zero-order valence-corrected chi connectivity index (χ0v) is 10.7. The third-order valence-electron chi connectivity index (χ3n) is 2.40. The molecule has 0 unspecified atom stereocenters. The summed E-state index contributed by atoms with van der Waals surface area (Å²) in [5.74, 6) is 0.833. The van der Waals surface area contributed by atoms with Crippen LogP contribution in [0.2, 0.25) is 0 Å². The molecular formula is C13H16N2OS. The van der Waals surface area contributed by atoms with Crippen molar-refractivity contribution in [1.29, 1.82) is 0 Å². The van der Waals surface area contributed by atoms with E-state index in [0.29, 0.717) is 6.61 Å². The Morgan fingerprint density at radius 2 is 2.29 bits per heavy atom. The second-order valence-corrected chi connectivity index (χ2v) is 4.53. The zero-order valence-electron chi connectivity index (χ0n) is 9.85. The fraction of sp³-hybridized carbons (Fsp3) is 0.308. The van der Waals surface area contributed by atoms with E-state index in [1.807, 2.05) is 19.2 Å². The van der Waals surface area contributed by atoms with Crippen LogP contribution in [0.15, 0.2) is 35.2 Å². The van der Waals surface area contributed by atoms with Crippen molar-refractivity contribution in [2.75, 3.05) is 13.7 Å². The molecule has 0 aromatic carbocycles. The van der Waals surface area contributed by atoms with Crippen molar-refractivity contribution < 1.29 is 4.74 Å². The number of ether oxygens (including phenoxy) is 1. The molecule has 0 bridgehead atoms. The number of aromatic nitrogens is 1. The van der Waals surface area contributed by atoms with Gasteiger partial charge in [-0.3, -0.25) is 4.98 Å². The molecular weight excluding hydrogens is 232 g/mol. The van der Waals surface area contributed by atoms with Gasteiger partial charge in [-0.1, -0.05) is 0 Å². The Hall–Kier alpha value is -1.39. The smallest absolute Gasteiger partial charge is 0.137 e. The van der Waals surface area contributed by atoms with Crippen LogP contribution in [-0.2, 0) is 13.0 Å². The van der Waals surface area contributed by atoms with Crippen LogP contribution in [0.4, 0.5) is 0 Å². The van der Waals surface area contributed by atoms with Crippen molar-refractivity contribution in [3.63, 3.8) is 0 Å². The highest BCUT2D eigenvalue weighted by Crippen LogP contribution is 2.11. The first kappa shape index (κ1) is 12.1. The lowest BCUT2D eigenvalue weighted by Crippen LogP contribution is -2.07. The minimum Gasteiger partial charge on any atom is -0.492 e. The van der Waals surface area contributed by atoms with Crippen LogP contribution >= 0.6 is 11.3 Å². The lowest BCUT2D eigenvalue weighted by Gasteiger charge is -2.05. The summed E-state index contributed by atoms with van der Waals surface area (Å²) in [5.41, 5.74) is 2.35. The number of hydrogen-bond acceptors (Lipinski definition) is 4. The molecule has 0 saturated heterocycles. The number of pyridine rings is 1. The van der Waals surface area contributed by atoms with E-state index >= 15 is 0 Å². The van der Waals surface area contributed by atoms with Gasteiger partial charge >= 0.3 is 0 Å². The summed E-state index contributed by atoms with van der Waals surface area (Å²) in [7, 11) is 1.91. The maximum atomic E-state index is 5.63. The average Bonchev–Trinajstić information content (AvgIpc) is 2.85. The molecule has 0 radical (unpaired) electrons. The van der Waals surface area contributed by atoms with Gasteiger partial charge in [0, 0.05) is 13.0 Å². The second-order valence-electron chi connectivity index (χ2n) is 3.75. The molecule has 2 aromatic heterocycles. The molecule has 4 heteroatoms. The molecule has 0 aliphatic heterocycles. The van der Waals surface area contributed by atoms with Crippen LogP contribution < -0.4 is 10.1 Å². The molecule has 0 fully saturated rings. The molecule has 2 aromatic rings. The monoisotopic (exact) mass is 248 g/mol. The van der Waals surface area contributed by atoms with Gasteiger partial charge in [-0.05, 0) is 41.6 Å². The van der Waals surface area contributed by atoms with E-state index in [1.54, 1.807) is 17.5 Å². The van der Waals surface area contributed by atoms with Crippen LogP contribution in [0.5, 0.6) is 5.75 Å². The van der Waals surface area contributed by atoms with E-state index in [1.165, 1.54) is 5.56 Å². The fourth-order valence-corrected chi connectivity index (χ4v) is 2.21. The first-order valence-corrected chi connectivity index (χ1v) is 6.56. The third-order valence-corrected chi connectivity index (χ3v) is 3.13. The quantitative estimate of drug-likeness (QED) is 0.853. The van der Waals surface area contributed by atoms with Crippen molar-refractivity contribution in [2.45, 2.75) is 13.0 Å². The molecule has 3 nitrogen and oxygen atoms in total. The lowest BCUT2D eigenvalue weighted by atomic mass is 10.2. The molecule has 2 heterocycles. The van der Waals surface area contributed by atoms with E-state index in [9.17, 15) is 0 Å². The SMILES string of the molecule is CNCc1ccc(OCCc2ccsc2)cn1. The normalized spacial score (nSPS) is 10.4. The molecule has 0 atom stereocenters. The Bertz CT molecular complexity index is 425. The van der Waals surface area contributed by atoms with Crippen molar-refractivity contribution in [1.82, 2.24) is 10.3 Å². The van der Waals surface area contributed by atoms with Crippen molar-refractivity contribution in [3.8, 4) is 5.75 Å². The zero-order chi connectivity index (χ0) is 11.9. The molecule has 0 spiro atoms. The molecule has 0 amide bonds. The van der Waals surface area contributed by atoms with E-state index in [0.717, 1.165) is 24.4 Å². The highest BCUT2D eigenvalue weighted by atomic mass is 32.1. The molecule has 0 aliphatic rings. The summed E-state index contributed by atoms with van der Waals surface area (Å²) in [6.45, 7) is 1.49. The fourth-order valence-electron chi connectivity index (χ4n) is 1.50. The van der Waals surface area contributed by atoms with E-state index < -0.39 is 0 Å². The van der Waals surface area contributed by atoms with Crippen LogP contribution in [0.1, 0.15) is 11.3 Å². The lowest BCUT2D eigenvalue weighted by molar-refractivity contribution is 0.320. The summed E-state index contributed by atoms with van der Waals surface area (Å²) >= 11 is 1.72. The molecule has 17 heavy (non-hydrogen) atoms. The second kappa shape index (κ2) is 6.37. The van der Waals surface area contributed by atoms with Gasteiger partial charge in [0.25, 0.3) is 0 Å². The van der Waals surface area contributed by atoms with E-state index in [4.69, 9.17) is 4.74 Å². The van der Waals surface area contributed by atoms with Crippen molar-refractivity contribution in [3.05, 3.63) is 46.4 Å². The number of nitrogens with one attached hydrogen (secondary N) is 1.